The Balaban J connectivity index is 1.79. The monoisotopic (exact) mass is 365 g/mol. The van der Waals surface area contributed by atoms with Gasteiger partial charge in [-0.05, 0) is 12.1 Å². The molecule has 1 aromatic carbocycles. The van der Waals surface area contributed by atoms with E-state index in [2.05, 4.69) is 14.9 Å². The Bertz CT molecular complexity index is 1110. The highest BCUT2D eigenvalue weighted by atomic mass is 32.1. The molecule has 0 unspecified atom stereocenters. The second-order valence-electron chi connectivity index (χ2n) is 6.01. The van der Waals surface area contributed by atoms with Crippen LogP contribution in [0.1, 0.15) is 0 Å². The van der Waals surface area contributed by atoms with Crippen LogP contribution < -0.4 is 4.90 Å². The Morgan fingerprint density at radius 2 is 1.88 bits per heavy atom. The molecule has 26 heavy (non-hydrogen) atoms. The summed E-state index contributed by atoms with van der Waals surface area (Å²) < 4.78 is 6.47. The number of hydrogen-bond donors (Lipinski definition) is 1. The first-order chi connectivity index (χ1) is 12.8. The fourth-order valence-corrected chi connectivity index (χ4v) is 4.17. The lowest BCUT2D eigenvalue weighted by Crippen LogP contribution is -2.36. The van der Waals surface area contributed by atoms with Crippen LogP contribution in [0.5, 0.6) is 5.75 Å². The number of ether oxygens (including phenoxy) is 1. The summed E-state index contributed by atoms with van der Waals surface area (Å²) >= 11 is 1.56. The van der Waals surface area contributed by atoms with E-state index in [0.29, 0.717) is 19.0 Å². The molecular formula is C18H15N5O2S. The molecule has 130 valence electrons. The summed E-state index contributed by atoms with van der Waals surface area (Å²) in [5, 5.41) is 9.83. The first-order valence-corrected chi connectivity index (χ1v) is 9.14. The number of aromatic nitrogens is 4. The van der Waals surface area contributed by atoms with Crippen LogP contribution in [0.3, 0.4) is 0 Å². The van der Waals surface area contributed by atoms with Crippen LogP contribution in [0.4, 0.5) is 5.82 Å². The number of morpholine rings is 1. The number of hydrogen-bond acceptors (Lipinski definition) is 8. The van der Waals surface area contributed by atoms with Crippen molar-refractivity contribution in [2.24, 2.45) is 0 Å². The summed E-state index contributed by atoms with van der Waals surface area (Å²) in [5.74, 6) is 1.63. The Morgan fingerprint density at radius 1 is 1.04 bits per heavy atom. The Hall–Kier alpha value is -2.84. The smallest absolute Gasteiger partial charge is 0.162 e. The normalized spacial score (nSPS) is 15.0. The number of fused-ring (bicyclic) bond motifs is 3. The second kappa shape index (κ2) is 6.15. The SMILES string of the molecule is Oc1cccc(-c2nc(N3CCOCC3)c3sc4nccnc4c3n2)c1. The van der Waals surface area contributed by atoms with Gasteiger partial charge in [-0.15, -0.1) is 11.3 Å². The molecule has 4 aromatic rings. The highest BCUT2D eigenvalue weighted by Crippen LogP contribution is 2.37. The van der Waals surface area contributed by atoms with Crippen LogP contribution in [0.2, 0.25) is 0 Å². The number of aromatic hydroxyl groups is 1. The second-order valence-corrected chi connectivity index (χ2v) is 7.01. The molecule has 0 saturated carbocycles. The average Bonchev–Trinajstić information content (AvgIpc) is 3.06. The van der Waals surface area contributed by atoms with Crippen LogP contribution in [0.15, 0.2) is 36.7 Å². The maximum Gasteiger partial charge on any atom is 0.162 e. The standard InChI is InChI=1S/C18H15N5O2S/c24-12-3-1-2-11(10-12)16-21-13-14-18(20-5-4-19-14)26-15(13)17(22-16)23-6-8-25-9-7-23/h1-5,10,24H,6-9H2. The summed E-state index contributed by atoms with van der Waals surface area (Å²) in [6, 6.07) is 6.99. The molecule has 0 spiro atoms. The van der Waals surface area contributed by atoms with E-state index in [1.807, 2.05) is 6.07 Å². The lowest BCUT2D eigenvalue weighted by molar-refractivity contribution is 0.122. The highest BCUT2D eigenvalue weighted by molar-refractivity contribution is 7.25. The first kappa shape index (κ1) is 15.4. The minimum absolute atomic E-state index is 0.189. The number of anilines is 1. The molecule has 4 heterocycles. The van der Waals surface area contributed by atoms with Crippen LogP contribution >= 0.6 is 11.3 Å². The van der Waals surface area contributed by atoms with Gasteiger partial charge in [0.15, 0.2) is 11.6 Å². The fourth-order valence-electron chi connectivity index (χ4n) is 3.12. The average molecular weight is 365 g/mol. The molecule has 0 radical (unpaired) electrons. The van der Waals surface area contributed by atoms with Crippen LogP contribution in [0.25, 0.3) is 32.0 Å². The van der Waals surface area contributed by atoms with E-state index in [1.54, 1.807) is 41.9 Å². The maximum absolute atomic E-state index is 9.83. The van der Waals surface area contributed by atoms with Gasteiger partial charge in [-0.2, -0.15) is 0 Å². The van der Waals surface area contributed by atoms with Gasteiger partial charge in [0.05, 0.1) is 17.9 Å². The van der Waals surface area contributed by atoms with Crippen molar-refractivity contribution >= 4 is 37.7 Å². The first-order valence-electron chi connectivity index (χ1n) is 8.33. The number of thiophene rings is 1. The molecular weight excluding hydrogens is 350 g/mol. The molecule has 0 aliphatic carbocycles. The van der Waals surface area contributed by atoms with Gasteiger partial charge in [-0.3, -0.25) is 0 Å². The molecule has 1 saturated heterocycles. The van der Waals surface area contributed by atoms with Gasteiger partial charge in [0.1, 0.15) is 21.6 Å². The zero-order chi connectivity index (χ0) is 17.5. The topological polar surface area (TPSA) is 84.3 Å². The van der Waals surface area contributed by atoms with Gasteiger partial charge in [0, 0.05) is 31.0 Å². The largest absolute Gasteiger partial charge is 0.508 e. The van der Waals surface area contributed by atoms with Crippen LogP contribution in [0, 0.1) is 0 Å². The van der Waals surface area contributed by atoms with Crippen molar-refractivity contribution in [3.63, 3.8) is 0 Å². The highest BCUT2D eigenvalue weighted by Gasteiger charge is 2.22. The lowest BCUT2D eigenvalue weighted by Gasteiger charge is -2.28. The number of rotatable bonds is 2. The molecule has 1 fully saturated rings. The van der Waals surface area contributed by atoms with Crippen LogP contribution in [-0.4, -0.2) is 51.3 Å². The molecule has 0 amide bonds. The molecule has 3 aromatic heterocycles. The van der Waals surface area contributed by atoms with Crippen molar-refractivity contribution in [2.75, 3.05) is 31.2 Å². The maximum atomic E-state index is 9.83. The third-order valence-corrected chi connectivity index (χ3v) is 5.42. The van der Waals surface area contributed by atoms with Gasteiger partial charge in [-0.25, -0.2) is 19.9 Å². The van der Waals surface area contributed by atoms with Crippen molar-refractivity contribution in [3.8, 4) is 17.1 Å². The predicted molar refractivity (Wildman–Crippen MR) is 101 cm³/mol. The summed E-state index contributed by atoms with van der Waals surface area (Å²) in [5.41, 5.74) is 2.35. The number of benzene rings is 1. The van der Waals surface area contributed by atoms with Gasteiger partial charge in [0.2, 0.25) is 0 Å². The predicted octanol–water partition coefficient (Wildman–Crippen LogP) is 2.84. The minimum Gasteiger partial charge on any atom is -0.508 e. The van der Waals surface area contributed by atoms with E-state index in [1.165, 1.54) is 0 Å². The third-order valence-electron chi connectivity index (χ3n) is 4.35. The number of phenolic OH excluding ortho intramolecular Hbond substituents is 1. The van der Waals surface area contributed by atoms with Gasteiger partial charge < -0.3 is 14.7 Å². The Kier molecular flexibility index (Phi) is 3.65. The van der Waals surface area contributed by atoms with E-state index >= 15 is 0 Å². The van der Waals surface area contributed by atoms with E-state index < -0.39 is 0 Å². The van der Waals surface area contributed by atoms with Gasteiger partial charge in [0.25, 0.3) is 0 Å². The number of phenols is 1. The van der Waals surface area contributed by atoms with E-state index in [4.69, 9.17) is 14.7 Å². The molecule has 8 heteroatoms. The van der Waals surface area contributed by atoms with E-state index in [-0.39, 0.29) is 5.75 Å². The molecule has 1 N–H and O–H groups in total. The Labute approximate surface area is 152 Å². The van der Waals surface area contributed by atoms with Gasteiger partial charge in [-0.1, -0.05) is 12.1 Å². The summed E-state index contributed by atoms with van der Waals surface area (Å²) in [6.45, 7) is 2.91. The van der Waals surface area contributed by atoms with Gasteiger partial charge >= 0.3 is 0 Å². The molecule has 1 aliphatic rings. The molecule has 0 atom stereocenters. The van der Waals surface area contributed by atoms with E-state index in [0.717, 1.165) is 45.0 Å². The van der Waals surface area contributed by atoms with E-state index in [9.17, 15) is 5.11 Å². The molecule has 7 nitrogen and oxygen atoms in total. The summed E-state index contributed by atoms with van der Waals surface area (Å²) in [6.07, 6.45) is 3.37. The van der Waals surface area contributed by atoms with Crippen molar-refractivity contribution in [1.82, 2.24) is 19.9 Å². The minimum atomic E-state index is 0.189. The zero-order valence-electron chi connectivity index (χ0n) is 13.8. The fraction of sp³-hybridized carbons (Fsp3) is 0.222. The van der Waals surface area contributed by atoms with Crippen molar-refractivity contribution in [1.29, 1.82) is 0 Å². The molecule has 1 aliphatic heterocycles. The lowest BCUT2D eigenvalue weighted by atomic mass is 10.2. The van der Waals surface area contributed by atoms with Crippen LogP contribution in [-0.2, 0) is 4.74 Å². The molecule has 0 bridgehead atoms. The molecule has 5 rings (SSSR count). The number of nitrogens with zero attached hydrogens (tertiary/aromatic N) is 5. The zero-order valence-corrected chi connectivity index (χ0v) is 14.6. The summed E-state index contributed by atoms with van der Waals surface area (Å²) in [7, 11) is 0. The van der Waals surface area contributed by atoms with Crippen molar-refractivity contribution in [3.05, 3.63) is 36.7 Å². The quantitative estimate of drug-likeness (QED) is 0.585. The summed E-state index contributed by atoms with van der Waals surface area (Å²) in [4.78, 5) is 21.6. The van der Waals surface area contributed by atoms with Crippen molar-refractivity contribution in [2.45, 2.75) is 0 Å². The Morgan fingerprint density at radius 3 is 2.73 bits per heavy atom. The third kappa shape index (κ3) is 2.54. The van der Waals surface area contributed by atoms with Crippen molar-refractivity contribution < 1.29 is 9.84 Å².